The molecule has 4 aromatic rings. The molecule has 0 unspecified atom stereocenters. The number of hydrogen-bond acceptors (Lipinski definition) is 4. The third-order valence-electron chi connectivity index (χ3n) is 4.84. The lowest BCUT2D eigenvalue weighted by Crippen LogP contribution is -2.12. The first kappa shape index (κ1) is 19.9. The Kier molecular flexibility index (Phi) is 5.77. The monoisotopic (exact) mass is 408 g/mol. The highest BCUT2D eigenvalue weighted by Crippen LogP contribution is 2.24. The molecule has 4 rings (SSSR count). The molecular weight excluding hydrogens is 388 g/mol. The third-order valence-corrected chi connectivity index (χ3v) is 4.84. The number of aromatic nitrogens is 2. The molecule has 2 N–H and O–H groups in total. The van der Waals surface area contributed by atoms with E-state index in [4.69, 9.17) is 10.00 Å². The first-order valence-corrected chi connectivity index (χ1v) is 9.76. The number of amides is 1. The van der Waals surface area contributed by atoms with E-state index in [1.165, 1.54) is 0 Å². The molecule has 0 aliphatic carbocycles. The fraction of sp³-hybridized carbons (Fsp3) is 0.0800. The Morgan fingerprint density at radius 3 is 2.71 bits per heavy atom. The fourth-order valence-electron chi connectivity index (χ4n) is 3.12. The van der Waals surface area contributed by atoms with Gasteiger partial charge < -0.3 is 15.0 Å². The van der Waals surface area contributed by atoms with E-state index < -0.39 is 0 Å². The zero-order valence-electron chi connectivity index (χ0n) is 16.9. The highest BCUT2D eigenvalue weighted by atomic mass is 16.5. The van der Waals surface area contributed by atoms with Crippen LogP contribution in [0, 0.1) is 18.3 Å². The second-order valence-corrected chi connectivity index (χ2v) is 7.05. The molecule has 6 heteroatoms. The molecule has 0 saturated carbocycles. The van der Waals surface area contributed by atoms with Crippen molar-refractivity contribution in [1.82, 2.24) is 9.97 Å². The van der Waals surface area contributed by atoms with Gasteiger partial charge in [-0.2, -0.15) is 5.26 Å². The Hall–Kier alpha value is -4.37. The average molecular weight is 408 g/mol. The molecule has 6 nitrogen and oxygen atoms in total. The summed E-state index contributed by atoms with van der Waals surface area (Å²) in [6, 6.07) is 22.2. The third kappa shape index (κ3) is 4.80. The number of hydrogen-bond donors (Lipinski definition) is 2. The molecule has 1 heterocycles. The Balaban J connectivity index is 1.42. The maximum atomic E-state index is 12.7. The summed E-state index contributed by atoms with van der Waals surface area (Å²) in [6.07, 6.45) is 3.45. The van der Waals surface area contributed by atoms with Crippen molar-refractivity contribution < 1.29 is 9.53 Å². The summed E-state index contributed by atoms with van der Waals surface area (Å²) < 4.78 is 5.77. The van der Waals surface area contributed by atoms with Crippen molar-refractivity contribution in [2.75, 3.05) is 5.32 Å². The van der Waals surface area contributed by atoms with Gasteiger partial charge in [-0.15, -0.1) is 0 Å². The molecule has 0 bridgehead atoms. The summed E-state index contributed by atoms with van der Waals surface area (Å²) in [5.41, 5.74) is 4.63. The van der Waals surface area contributed by atoms with Gasteiger partial charge in [0.15, 0.2) is 0 Å². The molecule has 0 aliphatic heterocycles. The van der Waals surface area contributed by atoms with E-state index in [1.54, 1.807) is 48.8 Å². The minimum Gasteiger partial charge on any atom is -0.489 e. The lowest BCUT2D eigenvalue weighted by Gasteiger charge is -2.11. The van der Waals surface area contributed by atoms with Gasteiger partial charge in [0, 0.05) is 29.2 Å². The van der Waals surface area contributed by atoms with Gasteiger partial charge in [0.2, 0.25) is 0 Å². The average Bonchev–Trinajstić information content (AvgIpc) is 3.34. The topological polar surface area (TPSA) is 90.8 Å². The molecule has 152 valence electrons. The number of benzene rings is 3. The Bertz CT molecular complexity index is 1240. The largest absolute Gasteiger partial charge is 0.489 e. The van der Waals surface area contributed by atoms with Gasteiger partial charge >= 0.3 is 0 Å². The second kappa shape index (κ2) is 8.97. The van der Waals surface area contributed by atoms with Crippen molar-refractivity contribution in [3.63, 3.8) is 0 Å². The predicted molar refractivity (Wildman–Crippen MR) is 119 cm³/mol. The van der Waals surface area contributed by atoms with Crippen molar-refractivity contribution >= 4 is 11.6 Å². The van der Waals surface area contributed by atoms with Crippen LogP contribution in [0.25, 0.3) is 11.4 Å². The summed E-state index contributed by atoms with van der Waals surface area (Å²) in [5.74, 6) is 1.19. The van der Waals surface area contributed by atoms with Crippen molar-refractivity contribution in [2.45, 2.75) is 13.5 Å². The van der Waals surface area contributed by atoms with Crippen LogP contribution in [0.4, 0.5) is 5.69 Å². The van der Waals surface area contributed by atoms with Crippen LogP contribution in [-0.2, 0) is 6.61 Å². The maximum absolute atomic E-state index is 12.7. The molecule has 1 aromatic heterocycles. The number of carbonyl (C=O) groups excluding carboxylic acids is 1. The normalized spacial score (nSPS) is 10.3. The van der Waals surface area contributed by atoms with Crippen LogP contribution < -0.4 is 10.1 Å². The van der Waals surface area contributed by atoms with E-state index in [9.17, 15) is 4.79 Å². The van der Waals surface area contributed by atoms with Gasteiger partial charge in [0.05, 0.1) is 11.6 Å². The van der Waals surface area contributed by atoms with E-state index >= 15 is 0 Å². The molecule has 0 fully saturated rings. The first-order chi connectivity index (χ1) is 15.1. The van der Waals surface area contributed by atoms with Crippen molar-refractivity contribution in [1.29, 1.82) is 5.26 Å². The number of H-pyrrole nitrogens is 1. The lowest BCUT2D eigenvalue weighted by atomic mass is 10.1. The van der Waals surface area contributed by atoms with E-state index in [0.29, 0.717) is 23.5 Å². The zero-order valence-corrected chi connectivity index (χ0v) is 16.9. The number of aromatic amines is 1. The smallest absolute Gasteiger partial charge is 0.255 e. The second-order valence-electron chi connectivity index (χ2n) is 7.05. The lowest BCUT2D eigenvalue weighted by molar-refractivity contribution is 0.102. The highest BCUT2D eigenvalue weighted by molar-refractivity contribution is 6.05. The molecule has 1 amide bonds. The molecule has 31 heavy (non-hydrogen) atoms. The van der Waals surface area contributed by atoms with Crippen LogP contribution in [0.3, 0.4) is 0 Å². The molecular formula is C25H20N4O2. The van der Waals surface area contributed by atoms with Crippen LogP contribution in [0.1, 0.15) is 27.0 Å². The number of carbonyl (C=O) groups is 1. The van der Waals surface area contributed by atoms with Gasteiger partial charge in [-0.1, -0.05) is 24.3 Å². The quantitative estimate of drug-likeness (QED) is 0.465. The standard InChI is InChI=1S/C25H20N4O2/c1-17-5-6-21(24-27-11-12-28-24)14-23(17)29-25(30)20-7-9-22(10-8-20)31-16-19-4-2-3-18(13-19)15-26/h2-14H,16H2,1H3,(H,27,28)(H,29,30). The number of imidazole rings is 1. The molecule has 0 spiro atoms. The Labute approximate surface area is 180 Å². The minimum absolute atomic E-state index is 0.201. The summed E-state index contributed by atoms with van der Waals surface area (Å²) in [5, 5.41) is 11.9. The van der Waals surface area contributed by atoms with Crippen LogP contribution in [0.15, 0.2) is 79.1 Å². The maximum Gasteiger partial charge on any atom is 0.255 e. The predicted octanol–water partition coefficient (Wildman–Crippen LogP) is 5.09. The zero-order chi connectivity index (χ0) is 21.6. The molecule has 0 radical (unpaired) electrons. The van der Waals surface area contributed by atoms with Crippen LogP contribution >= 0.6 is 0 Å². The number of nitrogens with zero attached hydrogens (tertiary/aromatic N) is 2. The van der Waals surface area contributed by atoms with Gasteiger partial charge in [-0.3, -0.25) is 4.79 Å². The first-order valence-electron chi connectivity index (χ1n) is 9.76. The molecule has 0 atom stereocenters. The number of nitrogens with one attached hydrogen (secondary N) is 2. The highest BCUT2D eigenvalue weighted by Gasteiger charge is 2.10. The fourth-order valence-corrected chi connectivity index (χ4v) is 3.12. The van der Waals surface area contributed by atoms with Crippen LogP contribution in [0.2, 0.25) is 0 Å². The molecule has 0 aliphatic rings. The van der Waals surface area contributed by atoms with Crippen molar-refractivity contribution in [2.24, 2.45) is 0 Å². The summed E-state index contributed by atoms with van der Waals surface area (Å²) in [4.78, 5) is 20.0. The number of aryl methyl sites for hydroxylation is 1. The van der Waals surface area contributed by atoms with Crippen molar-refractivity contribution in [3.05, 3.63) is 101 Å². The number of anilines is 1. The van der Waals surface area contributed by atoms with E-state index in [2.05, 4.69) is 21.4 Å². The summed E-state index contributed by atoms with van der Waals surface area (Å²) in [6.45, 7) is 2.29. The van der Waals surface area contributed by atoms with Gasteiger partial charge in [-0.05, 0) is 60.5 Å². The van der Waals surface area contributed by atoms with Gasteiger partial charge in [0.25, 0.3) is 5.91 Å². The van der Waals surface area contributed by atoms with Gasteiger partial charge in [0.1, 0.15) is 18.2 Å². The number of ether oxygens (including phenoxy) is 1. The van der Waals surface area contributed by atoms with E-state index in [1.807, 2.05) is 37.3 Å². The number of nitriles is 1. The minimum atomic E-state index is -0.201. The summed E-state index contributed by atoms with van der Waals surface area (Å²) >= 11 is 0. The SMILES string of the molecule is Cc1ccc(-c2ncc[nH]2)cc1NC(=O)c1ccc(OCc2cccc(C#N)c2)cc1. The Morgan fingerprint density at radius 1 is 1.13 bits per heavy atom. The number of rotatable bonds is 6. The van der Waals surface area contributed by atoms with Crippen LogP contribution in [-0.4, -0.2) is 15.9 Å². The van der Waals surface area contributed by atoms with E-state index in [-0.39, 0.29) is 5.91 Å². The molecule has 0 saturated heterocycles. The van der Waals surface area contributed by atoms with E-state index in [0.717, 1.165) is 28.2 Å². The summed E-state index contributed by atoms with van der Waals surface area (Å²) in [7, 11) is 0. The van der Waals surface area contributed by atoms with Crippen LogP contribution in [0.5, 0.6) is 5.75 Å². The van der Waals surface area contributed by atoms with Gasteiger partial charge in [-0.25, -0.2) is 4.98 Å². The molecule has 3 aromatic carbocycles. The van der Waals surface area contributed by atoms with Crippen molar-refractivity contribution in [3.8, 4) is 23.2 Å². The Morgan fingerprint density at radius 2 is 1.97 bits per heavy atom.